The minimum absolute atomic E-state index is 0.0271. The Hall–Kier alpha value is -3.16. The van der Waals surface area contributed by atoms with Gasteiger partial charge in [0.15, 0.2) is 0 Å². The summed E-state index contributed by atoms with van der Waals surface area (Å²) in [6, 6.07) is 13.5. The number of para-hydroxylation sites is 2. The molecule has 0 spiro atoms. The Morgan fingerprint density at radius 3 is 2.82 bits per heavy atom. The molecule has 1 aliphatic heterocycles. The molecule has 0 saturated carbocycles. The summed E-state index contributed by atoms with van der Waals surface area (Å²) in [5, 5.41) is 6.65. The van der Waals surface area contributed by atoms with Gasteiger partial charge in [-0.1, -0.05) is 35.5 Å². The van der Waals surface area contributed by atoms with E-state index in [0.717, 1.165) is 11.3 Å². The Bertz CT molecular complexity index is 844. The van der Waals surface area contributed by atoms with Crippen LogP contribution in [0.4, 0.5) is 8.78 Å². The molecule has 0 fully saturated rings. The Morgan fingerprint density at radius 1 is 1.25 bits per heavy atom. The molecule has 1 amide bonds. The summed E-state index contributed by atoms with van der Waals surface area (Å²) in [6.45, 7) is -0.877. The van der Waals surface area contributed by atoms with Crippen LogP contribution < -0.4 is 14.8 Å². The Morgan fingerprint density at radius 2 is 2.00 bits per heavy atom. The topological polar surface area (TPSA) is 69.2 Å². The van der Waals surface area contributed by atoms with E-state index in [0.29, 0.717) is 18.6 Å². The maximum absolute atomic E-state index is 12.4. The van der Waals surface area contributed by atoms with E-state index in [-0.39, 0.29) is 17.7 Å². The van der Waals surface area contributed by atoms with Crippen molar-refractivity contribution in [3.63, 3.8) is 0 Å². The highest BCUT2D eigenvalue weighted by Gasteiger charge is 2.25. The third-order valence-electron chi connectivity index (χ3n) is 4.19. The first-order chi connectivity index (χ1) is 13.5. The highest BCUT2D eigenvalue weighted by molar-refractivity contribution is 5.83. The van der Waals surface area contributed by atoms with Gasteiger partial charge in [0.25, 0.3) is 5.91 Å². The van der Waals surface area contributed by atoms with Crippen molar-refractivity contribution in [1.82, 2.24) is 5.32 Å². The third kappa shape index (κ3) is 4.97. The lowest BCUT2D eigenvalue weighted by molar-refractivity contribution is -0.132. The number of amides is 1. The molecule has 2 aromatic rings. The van der Waals surface area contributed by atoms with Crippen LogP contribution in [0.1, 0.15) is 30.5 Å². The molecule has 0 radical (unpaired) electrons. The number of fused-ring (bicyclic) bond motifs is 1. The molecular weight excluding hydrogens is 370 g/mol. The van der Waals surface area contributed by atoms with Gasteiger partial charge >= 0.3 is 6.61 Å². The van der Waals surface area contributed by atoms with Crippen molar-refractivity contribution in [2.24, 2.45) is 5.16 Å². The number of hydrogen-bond acceptors (Lipinski definition) is 5. The number of rotatable bonds is 7. The number of carbonyl (C=O) groups is 1. The number of benzene rings is 2. The molecule has 2 unspecified atom stereocenters. The van der Waals surface area contributed by atoms with Crippen LogP contribution in [0, 0.1) is 0 Å². The summed E-state index contributed by atoms with van der Waals surface area (Å²) in [4.78, 5) is 17.6. The van der Waals surface area contributed by atoms with Gasteiger partial charge in [-0.3, -0.25) is 4.79 Å². The lowest BCUT2D eigenvalue weighted by Gasteiger charge is -2.27. The van der Waals surface area contributed by atoms with Gasteiger partial charge in [0.1, 0.15) is 11.5 Å². The van der Waals surface area contributed by atoms with E-state index in [9.17, 15) is 13.6 Å². The lowest BCUT2D eigenvalue weighted by atomic mass is 10.0. The van der Waals surface area contributed by atoms with Crippen LogP contribution in [0.25, 0.3) is 0 Å². The van der Waals surface area contributed by atoms with E-state index in [2.05, 4.69) is 15.2 Å². The minimum atomic E-state index is -2.94. The molecule has 148 valence electrons. The fourth-order valence-corrected chi connectivity index (χ4v) is 2.80. The minimum Gasteiger partial charge on any atom is -0.493 e. The predicted molar refractivity (Wildman–Crippen MR) is 98.7 cm³/mol. The zero-order valence-corrected chi connectivity index (χ0v) is 15.2. The van der Waals surface area contributed by atoms with Crippen molar-refractivity contribution in [2.75, 3.05) is 6.61 Å². The number of alkyl halides is 2. The molecule has 28 heavy (non-hydrogen) atoms. The van der Waals surface area contributed by atoms with Crippen molar-refractivity contribution < 1.29 is 27.9 Å². The lowest BCUT2D eigenvalue weighted by Crippen LogP contribution is -2.38. The van der Waals surface area contributed by atoms with Crippen molar-refractivity contribution >= 4 is 12.1 Å². The molecule has 1 N–H and O–H groups in total. The summed E-state index contributed by atoms with van der Waals surface area (Å²) in [5.74, 6) is 0.387. The van der Waals surface area contributed by atoms with Crippen LogP contribution in [-0.2, 0) is 9.63 Å². The molecule has 1 aliphatic rings. The molecule has 0 bridgehead atoms. The summed E-state index contributed by atoms with van der Waals surface area (Å²) in [6.07, 6.45) is 1.01. The normalized spacial score (nSPS) is 16.9. The second-order valence-corrected chi connectivity index (χ2v) is 6.13. The first-order valence-corrected chi connectivity index (χ1v) is 8.79. The number of carbonyl (C=O) groups excluding carboxylic acids is 1. The molecule has 0 aliphatic carbocycles. The summed E-state index contributed by atoms with van der Waals surface area (Å²) in [5.41, 5.74) is 1.23. The zero-order valence-electron chi connectivity index (χ0n) is 15.2. The first-order valence-electron chi connectivity index (χ1n) is 8.79. The van der Waals surface area contributed by atoms with Crippen molar-refractivity contribution in [1.29, 1.82) is 0 Å². The summed E-state index contributed by atoms with van der Waals surface area (Å²) >= 11 is 0. The van der Waals surface area contributed by atoms with E-state index in [4.69, 9.17) is 9.57 Å². The van der Waals surface area contributed by atoms with E-state index in [1.165, 1.54) is 12.3 Å². The quantitative estimate of drug-likeness (QED) is 0.579. The summed E-state index contributed by atoms with van der Waals surface area (Å²) < 4.78 is 34.8. The first kappa shape index (κ1) is 19.6. The van der Waals surface area contributed by atoms with Gasteiger partial charge in [-0.2, -0.15) is 8.78 Å². The monoisotopic (exact) mass is 390 g/mol. The molecule has 0 aromatic heterocycles. The van der Waals surface area contributed by atoms with E-state index < -0.39 is 12.7 Å². The highest BCUT2D eigenvalue weighted by Crippen LogP contribution is 2.31. The Kier molecular flexibility index (Phi) is 6.41. The molecule has 2 aromatic carbocycles. The van der Waals surface area contributed by atoms with E-state index in [1.54, 1.807) is 25.1 Å². The van der Waals surface area contributed by atoms with Crippen LogP contribution in [0.5, 0.6) is 11.5 Å². The Labute approximate surface area is 161 Å². The fourth-order valence-electron chi connectivity index (χ4n) is 2.80. The predicted octanol–water partition coefficient (Wildman–Crippen LogP) is 3.67. The molecule has 2 atom stereocenters. The maximum Gasteiger partial charge on any atom is 0.387 e. The smallest absolute Gasteiger partial charge is 0.387 e. The average molecular weight is 390 g/mol. The van der Waals surface area contributed by atoms with Gasteiger partial charge in [-0.25, -0.2) is 0 Å². The largest absolute Gasteiger partial charge is 0.493 e. The summed E-state index contributed by atoms with van der Waals surface area (Å²) in [7, 11) is 0. The zero-order chi connectivity index (χ0) is 19.9. The number of ether oxygens (including phenoxy) is 2. The number of hydrogen-bond donors (Lipinski definition) is 1. The van der Waals surface area contributed by atoms with Crippen LogP contribution >= 0.6 is 0 Å². The van der Waals surface area contributed by atoms with Crippen molar-refractivity contribution in [3.8, 4) is 11.5 Å². The molecule has 1 heterocycles. The van der Waals surface area contributed by atoms with E-state index in [1.807, 2.05) is 24.3 Å². The second-order valence-electron chi connectivity index (χ2n) is 6.13. The molecular formula is C20H20F2N2O4. The van der Waals surface area contributed by atoms with Gasteiger partial charge in [-0.05, 0) is 25.1 Å². The van der Waals surface area contributed by atoms with Crippen LogP contribution in [0.3, 0.4) is 0 Å². The molecule has 8 heteroatoms. The standard InChI is InChI=1S/C20H20F2N2O4/c1-13(28-23-12-14-6-2-4-8-17(14)27-20(21)22)19(25)24-16-10-11-26-18-9-5-3-7-15(16)18/h2-9,12-13,16,20H,10-11H2,1H3,(H,24,25)/b23-12+. The maximum atomic E-state index is 12.4. The SMILES string of the molecule is CC(O/N=C/c1ccccc1OC(F)F)C(=O)NC1CCOc2ccccc21. The number of oxime groups is 1. The fraction of sp³-hybridized carbons (Fsp3) is 0.300. The number of nitrogens with zero attached hydrogens (tertiary/aromatic N) is 1. The van der Waals surface area contributed by atoms with E-state index >= 15 is 0 Å². The van der Waals surface area contributed by atoms with Gasteiger partial charge in [0.05, 0.1) is 18.9 Å². The second kappa shape index (κ2) is 9.16. The molecule has 0 saturated heterocycles. The van der Waals surface area contributed by atoms with Crippen LogP contribution in [-0.4, -0.2) is 31.4 Å². The Balaban J connectivity index is 1.58. The molecule has 3 rings (SSSR count). The van der Waals surface area contributed by atoms with Crippen LogP contribution in [0.15, 0.2) is 53.7 Å². The third-order valence-corrected chi connectivity index (χ3v) is 4.19. The highest BCUT2D eigenvalue weighted by atomic mass is 19.3. The van der Waals surface area contributed by atoms with Crippen molar-refractivity contribution in [2.45, 2.75) is 32.1 Å². The van der Waals surface area contributed by atoms with Gasteiger partial charge in [-0.15, -0.1) is 0 Å². The average Bonchev–Trinajstić information content (AvgIpc) is 2.69. The van der Waals surface area contributed by atoms with Crippen LogP contribution in [0.2, 0.25) is 0 Å². The van der Waals surface area contributed by atoms with Gasteiger partial charge < -0.3 is 19.6 Å². The van der Waals surface area contributed by atoms with Gasteiger partial charge in [0, 0.05) is 17.5 Å². The molecule has 6 nitrogen and oxygen atoms in total. The number of halogens is 2. The van der Waals surface area contributed by atoms with Crippen molar-refractivity contribution in [3.05, 3.63) is 59.7 Å². The number of nitrogens with one attached hydrogen (secondary N) is 1. The van der Waals surface area contributed by atoms with Gasteiger partial charge in [0.2, 0.25) is 6.10 Å².